The van der Waals surface area contributed by atoms with Crippen molar-refractivity contribution < 1.29 is 0 Å². The minimum absolute atomic E-state index is 1.12. The van der Waals surface area contributed by atoms with Crippen molar-refractivity contribution in [1.82, 2.24) is 9.55 Å². The smallest absolute Gasteiger partial charge is 0.0541 e. The molecule has 2 rings (SSSR count). The van der Waals surface area contributed by atoms with Gasteiger partial charge in [0.25, 0.3) is 0 Å². The summed E-state index contributed by atoms with van der Waals surface area (Å²) in [4.78, 5) is 4.31. The van der Waals surface area contributed by atoms with Gasteiger partial charge in [-0.3, -0.25) is 4.98 Å². The van der Waals surface area contributed by atoms with Crippen molar-refractivity contribution in [1.29, 1.82) is 0 Å². The summed E-state index contributed by atoms with van der Waals surface area (Å²) in [6, 6.07) is 2.09. The molecule has 2 heteroatoms. The van der Waals surface area contributed by atoms with Crippen LogP contribution >= 0.6 is 0 Å². The second kappa shape index (κ2) is 2.34. The molecule has 0 aromatic carbocycles. The van der Waals surface area contributed by atoms with Gasteiger partial charge in [0.2, 0.25) is 0 Å². The van der Waals surface area contributed by atoms with E-state index in [1.54, 1.807) is 0 Å². The maximum Gasteiger partial charge on any atom is 0.0541 e. The average Bonchev–Trinajstić information content (AvgIpc) is 2.41. The van der Waals surface area contributed by atoms with Crippen LogP contribution in [-0.2, 0) is 7.05 Å². The van der Waals surface area contributed by atoms with E-state index in [0.717, 1.165) is 5.69 Å². The van der Waals surface area contributed by atoms with Crippen molar-refractivity contribution in [3.8, 4) is 0 Å². The van der Waals surface area contributed by atoms with Crippen molar-refractivity contribution in [3.05, 3.63) is 29.7 Å². The van der Waals surface area contributed by atoms with Gasteiger partial charge < -0.3 is 4.57 Å². The van der Waals surface area contributed by atoms with Crippen LogP contribution in [-0.4, -0.2) is 9.55 Å². The third kappa shape index (κ3) is 0.843. The fraction of sp³-hybridized carbons (Fsp3) is 0.300. The molecular weight excluding hydrogens is 148 g/mol. The summed E-state index contributed by atoms with van der Waals surface area (Å²) in [7, 11) is 2.06. The van der Waals surface area contributed by atoms with Gasteiger partial charge in [-0.2, -0.15) is 0 Å². The Kier molecular flexibility index (Phi) is 1.43. The van der Waals surface area contributed by atoms with Crippen LogP contribution in [0, 0.1) is 13.8 Å². The molecule has 0 bridgehead atoms. The molecule has 0 aliphatic heterocycles. The Morgan fingerprint density at radius 2 is 2.08 bits per heavy atom. The Balaban J connectivity index is 2.96. The van der Waals surface area contributed by atoms with Gasteiger partial charge in [0.15, 0.2) is 0 Å². The molecule has 2 aromatic rings. The van der Waals surface area contributed by atoms with Crippen LogP contribution in [0.2, 0.25) is 0 Å². The van der Waals surface area contributed by atoms with Crippen molar-refractivity contribution in [2.75, 3.05) is 0 Å². The highest BCUT2D eigenvalue weighted by Crippen LogP contribution is 2.19. The molecule has 2 aromatic heterocycles. The normalized spacial score (nSPS) is 10.9. The van der Waals surface area contributed by atoms with Crippen LogP contribution in [0.25, 0.3) is 10.9 Å². The van der Waals surface area contributed by atoms with Crippen LogP contribution in [0.3, 0.4) is 0 Å². The molecule has 0 saturated carbocycles. The molecule has 0 radical (unpaired) electrons. The highest BCUT2D eigenvalue weighted by Gasteiger charge is 2.03. The van der Waals surface area contributed by atoms with Gasteiger partial charge in [-0.05, 0) is 25.5 Å². The average molecular weight is 160 g/mol. The topological polar surface area (TPSA) is 17.8 Å². The zero-order chi connectivity index (χ0) is 8.72. The molecule has 62 valence electrons. The molecule has 0 aliphatic rings. The van der Waals surface area contributed by atoms with Crippen LogP contribution in [0.1, 0.15) is 11.3 Å². The zero-order valence-electron chi connectivity index (χ0n) is 7.63. The Labute approximate surface area is 71.8 Å². The number of hydrogen-bond donors (Lipinski definition) is 0. The SMILES string of the molecule is Cc1ncc2ccn(C)c2c1C. The van der Waals surface area contributed by atoms with Crippen LogP contribution in [0.15, 0.2) is 18.5 Å². The van der Waals surface area contributed by atoms with Gasteiger partial charge in [0.05, 0.1) is 5.52 Å². The Hall–Kier alpha value is -1.31. The quantitative estimate of drug-likeness (QED) is 0.577. The van der Waals surface area contributed by atoms with Crippen molar-refractivity contribution in [3.63, 3.8) is 0 Å². The standard InChI is InChI=1S/C10H12N2/c1-7-8(2)11-6-9-4-5-12(3)10(7)9/h4-6H,1-3H3. The molecule has 12 heavy (non-hydrogen) atoms. The summed E-state index contributed by atoms with van der Waals surface area (Å²) < 4.78 is 2.14. The lowest BCUT2D eigenvalue weighted by atomic mass is 10.2. The van der Waals surface area contributed by atoms with Gasteiger partial charge in [0, 0.05) is 30.5 Å². The summed E-state index contributed by atoms with van der Waals surface area (Å²) >= 11 is 0. The first-order valence-corrected chi connectivity index (χ1v) is 4.07. The van der Waals surface area contributed by atoms with Gasteiger partial charge >= 0.3 is 0 Å². The lowest BCUT2D eigenvalue weighted by Gasteiger charge is -2.02. The van der Waals surface area contributed by atoms with Crippen molar-refractivity contribution in [2.45, 2.75) is 13.8 Å². The third-order valence-electron chi connectivity index (χ3n) is 2.40. The first-order valence-electron chi connectivity index (χ1n) is 4.07. The molecule has 0 N–H and O–H groups in total. The van der Waals surface area contributed by atoms with E-state index < -0.39 is 0 Å². The second-order valence-electron chi connectivity index (χ2n) is 3.20. The minimum Gasteiger partial charge on any atom is -0.350 e. The molecule has 0 saturated heterocycles. The first kappa shape index (κ1) is 7.35. The second-order valence-corrected chi connectivity index (χ2v) is 3.20. The first-order chi connectivity index (χ1) is 5.70. The van der Waals surface area contributed by atoms with Gasteiger partial charge in [-0.1, -0.05) is 0 Å². The monoisotopic (exact) mass is 160 g/mol. The van der Waals surface area contributed by atoms with E-state index in [4.69, 9.17) is 0 Å². The fourth-order valence-electron chi connectivity index (χ4n) is 1.57. The van der Waals surface area contributed by atoms with Gasteiger partial charge in [0.1, 0.15) is 0 Å². The summed E-state index contributed by atoms with van der Waals surface area (Å²) in [6.45, 7) is 4.16. The van der Waals surface area contributed by atoms with Gasteiger partial charge in [-0.25, -0.2) is 0 Å². The number of rotatable bonds is 0. The highest BCUT2D eigenvalue weighted by atomic mass is 14.9. The number of fused-ring (bicyclic) bond motifs is 1. The van der Waals surface area contributed by atoms with Crippen LogP contribution in [0.4, 0.5) is 0 Å². The molecular formula is C10H12N2. The lowest BCUT2D eigenvalue weighted by molar-refractivity contribution is 0.959. The Morgan fingerprint density at radius 3 is 2.83 bits per heavy atom. The predicted octanol–water partition coefficient (Wildman–Crippen LogP) is 2.19. The van der Waals surface area contributed by atoms with E-state index in [1.807, 2.05) is 13.1 Å². The molecule has 0 spiro atoms. The van der Waals surface area contributed by atoms with Crippen LogP contribution in [0.5, 0.6) is 0 Å². The van der Waals surface area contributed by atoms with E-state index in [2.05, 4.69) is 35.8 Å². The Morgan fingerprint density at radius 1 is 1.33 bits per heavy atom. The predicted molar refractivity (Wildman–Crippen MR) is 50.2 cm³/mol. The van der Waals surface area contributed by atoms with E-state index in [9.17, 15) is 0 Å². The molecule has 2 heterocycles. The maximum atomic E-state index is 4.31. The van der Waals surface area contributed by atoms with Crippen LogP contribution < -0.4 is 0 Å². The number of aryl methyl sites for hydroxylation is 3. The number of pyridine rings is 1. The lowest BCUT2D eigenvalue weighted by Crippen LogP contribution is -1.92. The fourth-order valence-corrected chi connectivity index (χ4v) is 1.57. The van der Waals surface area contributed by atoms with E-state index in [1.165, 1.54) is 16.5 Å². The van der Waals surface area contributed by atoms with E-state index in [0.29, 0.717) is 0 Å². The molecule has 0 fully saturated rings. The number of nitrogens with zero attached hydrogens (tertiary/aromatic N) is 2. The third-order valence-corrected chi connectivity index (χ3v) is 2.40. The summed E-state index contributed by atoms with van der Waals surface area (Å²) in [5.41, 5.74) is 3.69. The maximum absolute atomic E-state index is 4.31. The number of hydrogen-bond acceptors (Lipinski definition) is 1. The zero-order valence-corrected chi connectivity index (χ0v) is 7.63. The van der Waals surface area contributed by atoms with Crippen molar-refractivity contribution >= 4 is 10.9 Å². The molecule has 0 aliphatic carbocycles. The highest BCUT2D eigenvalue weighted by molar-refractivity contribution is 5.82. The van der Waals surface area contributed by atoms with E-state index >= 15 is 0 Å². The van der Waals surface area contributed by atoms with E-state index in [-0.39, 0.29) is 0 Å². The largest absolute Gasteiger partial charge is 0.350 e. The summed E-state index contributed by atoms with van der Waals surface area (Å²) in [5, 5.41) is 1.22. The molecule has 2 nitrogen and oxygen atoms in total. The summed E-state index contributed by atoms with van der Waals surface area (Å²) in [5.74, 6) is 0. The van der Waals surface area contributed by atoms with Gasteiger partial charge in [-0.15, -0.1) is 0 Å². The van der Waals surface area contributed by atoms with Crippen molar-refractivity contribution in [2.24, 2.45) is 7.05 Å². The molecule has 0 atom stereocenters. The summed E-state index contributed by atoms with van der Waals surface area (Å²) in [6.07, 6.45) is 4.00. The number of aromatic nitrogens is 2. The minimum atomic E-state index is 1.12. The molecule has 0 amide bonds. The Bertz CT molecular complexity index is 427. The molecule has 0 unspecified atom stereocenters.